The molecular weight excluding hydrogens is 290 g/mol. The Balaban J connectivity index is 2.13. The molecule has 2 aromatic rings. The molecule has 0 saturated carbocycles. The number of halogens is 1. The van der Waals surface area contributed by atoms with Crippen molar-refractivity contribution in [3.05, 3.63) is 45.2 Å². The minimum atomic E-state index is 0.806. The molecule has 18 heavy (non-hydrogen) atoms. The molecule has 0 aliphatic carbocycles. The zero-order valence-electron chi connectivity index (χ0n) is 11.2. The van der Waals surface area contributed by atoms with Gasteiger partial charge in [0.25, 0.3) is 0 Å². The van der Waals surface area contributed by atoms with E-state index < -0.39 is 0 Å². The largest absolute Gasteiger partial charge is 0.381 e. The summed E-state index contributed by atoms with van der Waals surface area (Å²) in [7, 11) is 1.97. The second-order valence-corrected chi connectivity index (χ2v) is 5.45. The maximum absolute atomic E-state index is 4.25. The van der Waals surface area contributed by atoms with Crippen LogP contribution in [0.1, 0.15) is 22.4 Å². The Hall–Kier alpha value is -1.29. The first-order chi connectivity index (χ1) is 8.49. The van der Waals surface area contributed by atoms with E-state index in [1.807, 2.05) is 17.9 Å². The van der Waals surface area contributed by atoms with Crippen molar-refractivity contribution < 1.29 is 0 Å². The van der Waals surface area contributed by atoms with Gasteiger partial charge in [-0.1, -0.05) is 15.9 Å². The maximum atomic E-state index is 4.25. The fourth-order valence-electron chi connectivity index (χ4n) is 1.96. The molecule has 0 bridgehead atoms. The van der Waals surface area contributed by atoms with Gasteiger partial charge in [-0.15, -0.1) is 0 Å². The normalized spacial score (nSPS) is 10.7. The number of aryl methyl sites for hydroxylation is 3. The summed E-state index contributed by atoms with van der Waals surface area (Å²) in [5.41, 5.74) is 6.08. The van der Waals surface area contributed by atoms with Crippen molar-refractivity contribution >= 4 is 21.6 Å². The molecule has 96 valence electrons. The Bertz CT molecular complexity index is 549. The van der Waals surface area contributed by atoms with E-state index in [0.29, 0.717) is 0 Å². The van der Waals surface area contributed by atoms with Gasteiger partial charge in [-0.3, -0.25) is 4.68 Å². The molecule has 0 spiro atoms. The molecule has 1 N–H and O–H groups in total. The molecular formula is C14H18BrN3. The molecule has 0 aliphatic heterocycles. The van der Waals surface area contributed by atoms with E-state index in [-0.39, 0.29) is 0 Å². The van der Waals surface area contributed by atoms with E-state index in [9.17, 15) is 0 Å². The summed E-state index contributed by atoms with van der Waals surface area (Å²) in [6.45, 7) is 7.11. The molecule has 1 aromatic heterocycles. The number of benzene rings is 1. The van der Waals surface area contributed by atoms with E-state index in [0.717, 1.165) is 12.2 Å². The standard InChI is InChI=1S/C14H18BrN3/c1-9-5-13(6-10(2)14(9)15)16-7-12-8-17-18(4)11(12)3/h5-6,8,16H,7H2,1-4H3. The highest BCUT2D eigenvalue weighted by Crippen LogP contribution is 2.25. The molecule has 1 heterocycles. The summed E-state index contributed by atoms with van der Waals surface area (Å²) in [4.78, 5) is 0. The number of nitrogens with one attached hydrogen (secondary N) is 1. The van der Waals surface area contributed by atoms with Crippen LogP contribution < -0.4 is 5.32 Å². The van der Waals surface area contributed by atoms with Crippen LogP contribution >= 0.6 is 15.9 Å². The molecule has 0 unspecified atom stereocenters. The molecule has 3 nitrogen and oxygen atoms in total. The van der Waals surface area contributed by atoms with Crippen molar-refractivity contribution in [1.82, 2.24) is 9.78 Å². The lowest BCUT2D eigenvalue weighted by molar-refractivity contribution is 0.738. The predicted octanol–water partition coefficient (Wildman–Crippen LogP) is 3.72. The minimum absolute atomic E-state index is 0.806. The highest BCUT2D eigenvalue weighted by molar-refractivity contribution is 9.10. The van der Waals surface area contributed by atoms with Crippen molar-refractivity contribution in [2.24, 2.45) is 7.05 Å². The lowest BCUT2D eigenvalue weighted by atomic mass is 10.1. The van der Waals surface area contributed by atoms with Crippen LogP contribution in [0.15, 0.2) is 22.8 Å². The van der Waals surface area contributed by atoms with Crippen LogP contribution in [0.5, 0.6) is 0 Å². The summed E-state index contributed by atoms with van der Waals surface area (Å²) in [5.74, 6) is 0. The molecule has 1 aromatic carbocycles. The quantitative estimate of drug-likeness (QED) is 0.936. The second-order valence-electron chi connectivity index (χ2n) is 4.66. The Morgan fingerprint density at radius 3 is 2.33 bits per heavy atom. The van der Waals surface area contributed by atoms with Crippen LogP contribution in [0.4, 0.5) is 5.69 Å². The van der Waals surface area contributed by atoms with E-state index >= 15 is 0 Å². The minimum Gasteiger partial charge on any atom is -0.381 e. The number of hydrogen-bond donors (Lipinski definition) is 1. The Labute approximate surface area is 116 Å². The maximum Gasteiger partial charge on any atom is 0.0542 e. The first-order valence-electron chi connectivity index (χ1n) is 5.97. The van der Waals surface area contributed by atoms with Crippen molar-refractivity contribution in [1.29, 1.82) is 0 Å². The lowest BCUT2D eigenvalue weighted by Gasteiger charge is -2.10. The van der Waals surface area contributed by atoms with Crippen molar-refractivity contribution in [3.63, 3.8) is 0 Å². The first kappa shape index (κ1) is 13.1. The number of hydrogen-bond acceptors (Lipinski definition) is 2. The first-order valence-corrected chi connectivity index (χ1v) is 6.76. The van der Waals surface area contributed by atoms with Crippen molar-refractivity contribution in [2.45, 2.75) is 27.3 Å². The van der Waals surface area contributed by atoms with Crippen LogP contribution in [0, 0.1) is 20.8 Å². The van der Waals surface area contributed by atoms with Gasteiger partial charge in [0, 0.05) is 35.0 Å². The number of aromatic nitrogens is 2. The SMILES string of the molecule is Cc1cc(NCc2cnn(C)c2C)cc(C)c1Br. The zero-order valence-corrected chi connectivity index (χ0v) is 12.8. The van der Waals surface area contributed by atoms with Crippen LogP contribution in [0.3, 0.4) is 0 Å². The van der Waals surface area contributed by atoms with Gasteiger partial charge in [-0.25, -0.2) is 0 Å². The highest BCUT2D eigenvalue weighted by atomic mass is 79.9. The van der Waals surface area contributed by atoms with Crippen molar-refractivity contribution in [2.75, 3.05) is 5.32 Å². The molecule has 0 fully saturated rings. The number of rotatable bonds is 3. The third-order valence-electron chi connectivity index (χ3n) is 3.26. The highest BCUT2D eigenvalue weighted by Gasteiger charge is 2.05. The van der Waals surface area contributed by atoms with E-state index in [1.54, 1.807) is 0 Å². The van der Waals surface area contributed by atoms with Gasteiger partial charge in [0.05, 0.1) is 6.20 Å². The molecule has 2 rings (SSSR count). The van der Waals surface area contributed by atoms with Gasteiger partial charge in [0.1, 0.15) is 0 Å². The molecule has 0 aliphatic rings. The van der Waals surface area contributed by atoms with Gasteiger partial charge in [-0.2, -0.15) is 5.10 Å². The van der Waals surface area contributed by atoms with Crippen LogP contribution in [0.2, 0.25) is 0 Å². The van der Waals surface area contributed by atoms with Crippen LogP contribution in [0.25, 0.3) is 0 Å². The van der Waals surface area contributed by atoms with Crippen LogP contribution in [-0.4, -0.2) is 9.78 Å². The fourth-order valence-corrected chi connectivity index (χ4v) is 2.19. The topological polar surface area (TPSA) is 29.9 Å². The van der Waals surface area contributed by atoms with E-state index in [2.05, 4.69) is 59.2 Å². The third-order valence-corrected chi connectivity index (χ3v) is 4.51. The van der Waals surface area contributed by atoms with Crippen molar-refractivity contribution in [3.8, 4) is 0 Å². The molecule has 0 saturated heterocycles. The summed E-state index contributed by atoms with van der Waals surface area (Å²) in [5, 5.41) is 7.70. The third kappa shape index (κ3) is 2.58. The molecule has 4 heteroatoms. The van der Waals surface area contributed by atoms with Gasteiger partial charge in [-0.05, 0) is 44.0 Å². The average Bonchev–Trinajstić information content (AvgIpc) is 2.64. The fraction of sp³-hybridized carbons (Fsp3) is 0.357. The summed E-state index contributed by atoms with van der Waals surface area (Å²) in [6.07, 6.45) is 1.92. The Morgan fingerprint density at radius 2 is 1.83 bits per heavy atom. The lowest BCUT2D eigenvalue weighted by Crippen LogP contribution is -2.02. The number of anilines is 1. The number of nitrogens with zero attached hydrogens (tertiary/aromatic N) is 2. The van der Waals surface area contributed by atoms with Gasteiger partial charge < -0.3 is 5.32 Å². The zero-order chi connectivity index (χ0) is 13.3. The van der Waals surface area contributed by atoms with E-state index in [4.69, 9.17) is 0 Å². The van der Waals surface area contributed by atoms with Gasteiger partial charge in [0.2, 0.25) is 0 Å². The Kier molecular flexibility index (Phi) is 3.76. The van der Waals surface area contributed by atoms with Crippen LogP contribution in [-0.2, 0) is 13.6 Å². The summed E-state index contributed by atoms with van der Waals surface area (Å²) in [6, 6.07) is 4.31. The predicted molar refractivity (Wildman–Crippen MR) is 78.9 cm³/mol. The second kappa shape index (κ2) is 5.14. The molecule has 0 radical (unpaired) electrons. The monoisotopic (exact) mass is 307 g/mol. The van der Waals surface area contributed by atoms with Gasteiger partial charge in [0.15, 0.2) is 0 Å². The summed E-state index contributed by atoms with van der Waals surface area (Å²) < 4.78 is 3.08. The van der Waals surface area contributed by atoms with Gasteiger partial charge >= 0.3 is 0 Å². The molecule has 0 amide bonds. The Morgan fingerprint density at radius 1 is 1.22 bits per heavy atom. The summed E-state index contributed by atoms with van der Waals surface area (Å²) >= 11 is 3.58. The van der Waals surface area contributed by atoms with E-state index in [1.165, 1.54) is 26.9 Å². The molecule has 0 atom stereocenters. The smallest absolute Gasteiger partial charge is 0.0542 e. The average molecular weight is 308 g/mol.